The van der Waals surface area contributed by atoms with Gasteiger partial charge in [0.1, 0.15) is 6.10 Å². The number of ether oxygens (including phenoxy) is 3. The number of hydrogen-bond acceptors (Lipinski definition) is 5. The molecule has 0 fully saturated rings. The van der Waals surface area contributed by atoms with E-state index in [1.165, 1.54) is 11.1 Å². The number of alkyl carbamates (subject to hydrolysis) is 1. The Kier molecular flexibility index (Phi) is 11.4. The van der Waals surface area contributed by atoms with Gasteiger partial charge in [-0.15, -0.1) is 0 Å². The number of nitrogens with one attached hydrogen (secondary N) is 1. The summed E-state index contributed by atoms with van der Waals surface area (Å²) in [6.07, 6.45) is 2.41. The molecule has 0 bridgehead atoms. The number of amides is 1. The zero-order valence-electron chi connectivity index (χ0n) is 18.3. The Morgan fingerprint density at radius 2 is 1.71 bits per heavy atom. The van der Waals surface area contributed by atoms with Crippen molar-refractivity contribution in [3.63, 3.8) is 0 Å². The third-order valence-electron chi connectivity index (χ3n) is 4.87. The first kappa shape index (κ1) is 24.6. The first-order valence-corrected chi connectivity index (χ1v) is 10.8. The molecule has 0 heterocycles. The molecule has 1 unspecified atom stereocenters. The molecule has 2 aromatic rings. The van der Waals surface area contributed by atoms with E-state index in [4.69, 9.17) is 19.9 Å². The third-order valence-corrected chi connectivity index (χ3v) is 4.87. The lowest BCUT2D eigenvalue weighted by Gasteiger charge is -2.22. The standard InChI is InChI=1S/C25H34N2O4/c1-3-20-9-5-6-11-22(20)19-24(23-12-8-7-10-21(23)4-2)31-25(28)27-14-16-30-18-17-29-15-13-26/h4-12,24H,2-3,13-19,26H2,1H3,(H,27,28). The molecule has 0 aliphatic rings. The summed E-state index contributed by atoms with van der Waals surface area (Å²) in [7, 11) is 0. The summed E-state index contributed by atoms with van der Waals surface area (Å²) in [6, 6.07) is 16.1. The molecule has 0 aromatic heterocycles. The van der Waals surface area contributed by atoms with Crippen molar-refractivity contribution in [2.24, 2.45) is 5.73 Å². The van der Waals surface area contributed by atoms with Crippen LogP contribution in [-0.2, 0) is 27.1 Å². The molecule has 2 rings (SSSR count). The molecule has 0 aliphatic heterocycles. The monoisotopic (exact) mass is 426 g/mol. The summed E-state index contributed by atoms with van der Waals surface area (Å²) in [5, 5.41) is 2.76. The fraction of sp³-hybridized carbons (Fsp3) is 0.400. The topological polar surface area (TPSA) is 82.8 Å². The molecule has 0 aliphatic carbocycles. The van der Waals surface area contributed by atoms with E-state index in [1.807, 2.05) is 36.4 Å². The summed E-state index contributed by atoms with van der Waals surface area (Å²) >= 11 is 0. The van der Waals surface area contributed by atoms with Crippen molar-refractivity contribution in [1.29, 1.82) is 0 Å². The van der Waals surface area contributed by atoms with Gasteiger partial charge in [0, 0.05) is 25.1 Å². The van der Waals surface area contributed by atoms with Gasteiger partial charge in [-0.1, -0.05) is 68.1 Å². The molecule has 2 aromatic carbocycles. The Labute approximate surface area is 185 Å². The van der Waals surface area contributed by atoms with Crippen molar-refractivity contribution in [2.75, 3.05) is 39.5 Å². The summed E-state index contributed by atoms with van der Waals surface area (Å²) < 4.78 is 16.5. The van der Waals surface area contributed by atoms with Gasteiger partial charge in [0.25, 0.3) is 0 Å². The van der Waals surface area contributed by atoms with Crippen LogP contribution in [-0.4, -0.2) is 45.6 Å². The normalized spacial score (nSPS) is 11.7. The highest BCUT2D eigenvalue weighted by Crippen LogP contribution is 2.28. The predicted octanol–water partition coefficient (Wildman–Crippen LogP) is 3.89. The second kappa shape index (κ2) is 14.4. The van der Waals surface area contributed by atoms with E-state index in [2.05, 4.69) is 31.0 Å². The van der Waals surface area contributed by atoms with Gasteiger partial charge in [-0.3, -0.25) is 0 Å². The minimum atomic E-state index is -0.471. The van der Waals surface area contributed by atoms with Crippen LogP contribution in [0.15, 0.2) is 55.1 Å². The van der Waals surface area contributed by atoms with E-state index in [1.54, 1.807) is 6.08 Å². The van der Waals surface area contributed by atoms with Gasteiger partial charge < -0.3 is 25.3 Å². The minimum Gasteiger partial charge on any atom is -0.441 e. The number of nitrogens with two attached hydrogens (primary N) is 1. The van der Waals surface area contributed by atoms with E-state index >= 15 is 0 Å². The molecule has 6 heteroatoms. The van der Waals surface area contributed by atoms with Crippen LogP contribution in [0.5, 0.6) is 0 Å². The fourth-order valence-corrected chi connectivity index (χ4v) is 3.31. The Balaban J connectivity index is 1.97. The van der Waals surface area contributed by atoms with Crippen molar-refractivity contribution in [1.82, 2.24) is 5.32 Å². The minimum absolute atomic E-state index is 0.358. The molecule has 1 atom stereocenters. The van der Waals surface area contributed by atoms with E-state index < -0.39 is 12.2 Å². The molecule has 1 amide bonds. The lowest BCUT2D eigenvalue weighted by atomic mass is 9.94. The zero-order chi connectivity index (χ0) is 22.3. The largest absolute Gasteiger partial charge is 0.441 e. The van der Waals surface area contributed by atoms with Gasteiger partial charge >= 0.3 is 6.09 Å². The number of rotatable bonds is 14. The van der Waals surface area contributed by atoms with E-state index in [9.17, 15) is 4.79 Å². The van der Waals surface area contributed by atoms with Crippen LogP contribution in [0.25, 0.3) is 6.08 Å². The van der Waals surface area contributed by atoms with Crippen molar-refractivity contribution in [3.8, 4) is 0 Å². The van der Waals surface area contributed by atoms with Gasteiger partial charge in [-0.2, -0.15) is 0 Å². The SMILES string of the molecule is C=Cc1ccccc1C(Cc1ccccc1CC)OC(=O)NCCOCCOCCN. The molecule has 31 heavy (non-hydrogen) atoms. The van der Waals surface area contributed by atoms with Gasteiger partial charge in [-0.05, 0) is 23.1 Å². The van der Waals surface area contributed by atoms with Crippen LogP contribution in [0.2, 0.25) is 0 Å². The van der Waals surface area contributed by atoms with Crippen molar-refractivity contribution in [2.45, 2.75) is 25.9 Å². The molecular weight excluding hydrogens is 392 g/mol. The summed E-state index contributed by atoms with van der Waals surface area (Å²) in [6.45, 7) is 8.72. The molecule has 0 saturated carbocycles. The Morgan fingerprint density at radius 3 is 2.42 bits per heavy atom. The second-order valence-corrected chi connectivity index (χ2v) is 6.99. The molecule has 0 spiro atoms. The van der Waals surface area contributed by atoms with Crippen molar-refractivity contribution >= 4 is 12.2 Å². The highest BCUT2D eigenvalue weighted by atomic mass is 16.6. The van der Waals surface area contributed by atoms with E-state index in [0.29, 0.717) is 45.9 Å². The molecule has 168 valence electrons. The first-order chi connectivity index (χ1) is 15.2. The quantitative estimate of drug-likeness (QED) is 0.448. The number of benzene rings is 2. The molecule has 3 N–H and O–H groups in total. The van der Waals surface area contributed by atoms with Crippen LogP contribution in [0.3, 0.4) is 0 Å². The maximum atomic E-state index is 12.5. The summed E-state index contributed by atoms with van der Waals surface area (Å²) in [5.41, 5.74) is 9.66. The average Bonchev–Trinajstić information content (AvgIpc) is 2.80. The first-order valence-electron chi connectivity index (χ1n) is 10.8. The van der Waals surface area contributed by atoms with Gasteiger partial charge in [0.05, 0.1) is 26.4 Å². The van der Waals surface area contributed by atoms with Gasteiger partial charge in [-0.25, -0.2) is 4.79 Å². The van der Waals surface area contributed by atoms with Crippen LogP contribution in [0.4, 0.5) is 4.79 Å². The fourth-order valence-electron chi connectivity index (χ4n) is 3.31. The van der Waals surface area contributed by atoms with Crippen LogP contribution in [0.1, 0.15) is 35.3 Å². The Morgan fingerprint density at radius 1 is 1.03 bits per heavy atom. The van der Waals surface area contributed by atoms with Crippen molar-refractivity contribution in [3.05, 3.63) is 77.4 Å². The van der Waals surface area contributed by atoms with Crippen molar-refractivity contribution < 1.29 is 19.0 Å². The van der Waals surface area contributed by atoms with Gasteiger partial charge in [0.2, 0.25) is 0 Å². The van der Waals surface area contributed by atoms with Crippen LogP contribution in [0, 0.1) is 0 Å². The van der Waals surface area contributed by atoms with E-state index in [0.717, 1.165) is 17.5 Å². The van der Waals surface area contributed by atoms with Gasteiger partial charge in [0.15, 0.2) is 0 Å². The number of carbonyl (C=O) groups is 1. The number of carbonyl (C=O) groups excluding carboxylic acids is 1. The maximum Gasteiger partial charge on any atom is 0.407 e. The summed E-state index contributed by atoms with van der Waals surface area (Å²) in [4.78, 5) is 12.5. The smallest absolute Gasteiger partial charge is 0.407 e. The molecular formula is C25H34N2O4. The second-order valence-electron chi connectivity index (χ2n) is 6.99. The molecule has 0 radical (unpaired) electrons. The third kappa shape index (κ3) is 8.53. The summed E-state index contributed by atoms with van der Waals surface area (Å²) in [5.74, 6) is 0. The zero-order valence-corrected chi connectivity index (χ0v) is 18.3. The molecule has 0 saturated heterocycles. The number of hydrogen-bond donors (Lipinski definition) is 2. The molecule has 6 nitrogen and oxygen atoms in total. The highest BCUT2D eigenvalue weighted by Gasteiger charge is 2.20. The maximum absolute atomic E-state index is 12.5. The average molecular weight is 427 g/mol. The predicted molar refractivity (Wildman–Crippen MR) is 124 cm³/mol. The lowest BCUT2D eigenvalue weighted by Crippen LogP contribution is -2.30. The Hall–Kier alpha value is -2.67. The Bertz CT molecular complexity index is 810. The number of aryl methyl sites for hydroxylation is 1. The lowest BCUT2D eigenvalue weighted by molar-refractivity contribution is 0.0497. The van der Waals surface area contributed by atoms with E-state index in [-0.39, 0.29) is 0 Å². The van der Waals surface area contributed by atoms with Crippen LogP contribution >= 0.6 is 0 Å². The van der Waals surface area contributed by atoms with Crippen LogP contribution < -0.4 is 11.1 Å². The highest BCUT2D eigenvalue weighted by molar-refractivity contribution is 5.68.